The number of aliphatic imine (C=N–C) groups is 1. The van der Waals surface area contributed by atoms with Crippen molar-refractivity contribution in [3.05, 3.63) is 29.8 Å². The van der Waals surface area contributed by atoms with Gasteiger partial charge in [0, 0.05) is 18.7 Å². The minimum atomic E-state index is -1.64. The van der Waals surface area contributed by atoms with Gasteiger partial charge in [-0.2, -0.15) is 12.6 Å². The highest BCUT2D eigenvalue weighted by atomic mass is 32.1. The number of rotatable bonds is 19. The molecule has 246 valence electrons. The molecule has 5 atom stereocenters. The number of carboxylic acid groups (broad SMARTS) is 1. The summed E-state index contributed by atoms with van der Waals surface area (Å²) in [5.74, 6) is -4.66. The fraction of sp³-hybridized carbons (Fsp3) is 0.556. The maximum Gasteiger partial charge on any atom is 0.328 e. The van der Waals surface area contributed by atoms with Gasteiger partial charge in [-0.05, 0) is 42.9 Å². The van der Waals surface area contributed by atoms with Gasteiger partial charge in [-0.15, -0.1) is 0 Å². The quantitative estimate of drug-likeness (QED) is 0.0320. The second kappa shape index (κ2) is 19.2. The molecule has 16 nitrogen and oxygen atoms in total. The number of nitrogens with one attached hydrogen (secondary N) is 4. The summed E-state index contributed by atoms with van der Waals surface area (Å²) in [5, 5.41) is 38.2. The highest BCUT2D eigenvalue weighted by molar-refractivity contribution is 7.80. The van der Waals surface area contributed by atoms with Crippen molar-refractivity contribution >= 4 is 48.2 Å². The van der Waals surface area contributed by atoms with Crippen LogP contribution in [0.25, 0.3) is 0 Å². The number of thiol groups is 1. The zero-order valence-electron chi connectivity index (χ0n) is 24.7. The summed E-state index contributed by atoms with van der Waals surface area (Å²) in [6, 6.07) is -0.476. The Labute approximate surface area is 261 Å². The lowest BCUT2D eigenvalue weighted by atomic mass is 10.0. The van der Waals surface area contributed by atoms with Crippen LogP contribution in [0, 0.1) is 5.92 Å². The van der Waals surface area contributed by atoms with Crippen LogP contribution in [0.5, 0.6) is 5.75 Å². The Morgan fingerprint density at radius 1 is 0.864 bits per heavy atom. The topological polar surface area (TPSA) is 285 Å². The van der Waals surface area contributed by atoms with Crippen LogP contribution in [-0.2, 0) is 30.4 Å². The van der Waals surface area contributed by atoms with E-state index in [2.05, 4.69) is 38.9 Å². The molecule has 0 aliphatic heterocycles. The zero-order valence-corrected chi connectivity index (χ0v) is 25.6. The van der Waals surface area contributed by atoms with Crippen molar-refractivity contribution in [2.45, 2.75) is 69.7 Å². The molecule has 0 saturated heterocycles. The van der Waals surface area contributed by atoms with E-state index >= 15 is 0 Å². The number of nitrogens with zero attached hydrogens (tertiary/aromatic N) is 1. The van der Waals surface area contributed by atoms with Crippen LogP contribution in [-0.4, -0.2) is 100.0 Å². The molecule has 5 unspecified atom stereocenters. The SMILES string of the molecule is CC(C)CC(NC(=O)C(N)CS)C(=O)NC(CCCN=C(N)N)C(=O)NC(Cc1ccc(O)cc1)C(=O)NC(CO)C(=O)O. The van der Waals surface area contributed by atoms with Crippen molar-refractivity contribution in [3.63, 3.8) is 0 Å². The molecule has 4 amide bonds. The lowest BCUT2D eigenvalue weighted by Gasteiger charge is -2.27. The van der Waals surface area contributed by atoms with Gasteiger partial charge in [-0.1, -0.05) is 26.0 Å². The zero-order chi connectivity index (χ0) is 33.4. The lowest BCUT2D eigenvalue weighted by Crippen LogP contribution is -2.59. The summed E-state index contributed by atoms with van der Waals surface area (Å²) in [4.78, 5) is 67.7. The number of aliphatic carboxylic acids is 1. The second-order valence-electron chi connectivity index (χ2n) is 10.5. The van der Waals surface area contributed by atoms with Gasteiger partial charge in [0.15, 0.2) is 5.96 Å². The Balaban J connectivity index is 3.30. The molecule has 0 fully saturated rings. The number of carboxylic acids is 1. The minimum absolute atomic E-state index is 0.0226. The van der Waals surface area contributed by atoms with Gasteiger partial charge in [0.05, 0.1) is 12.6 Å². The standard InChI is InChI=1S/C27H44N8O8S/c1-14(2)10-19(33-22(38)17(28)13-44)24(40)32-18(4-3-9-31-27(29)30)23(39)34-20(11-15-5-7-16(37)8-6-15)25(41)35-21(12-36)26(42)43/h5-8,14,17-21,36-37,44H,3-4,9-13,28H2,1-2H3,(H,32,40)(H,33,38)(H,34,39)(H,35,41)(H,42,43)(H4,29,30,31). The Kier molecular flexibility index (Phi) is 16.6. The van der Waals surface area contributed by atoms with Gasteiger partial charge in [0.25, 0.3) is 0 Å². The molecule has 0 bridgehead atoms. The lowest BCUT2D eigenvalue weighted by molar-refractivity contribution is -0.143. The van der Waals surface area contributed by atoms with Gasteiger partial charge in [-0.3, -0.25) is 24.2 Å². The van der Waals surface area contributed by atoms with E-state index < -0.39 is 66.4 Å². The first-order chi connectivity index (χ1) is 20.7. The number of phenols is 1. The molecule has 44 heavy (non-hydrogen) atoms. The number of hydrogen-bond donors (Lipinski definition) is 11. The number of hydrogen-bond acceptors (Lipinski definition) is 10. The Morgan fingerprint density at radius 3 is 1.91 bits per heavy atom. The molecule has 0 saturated carbocycles. The first-order valence-corrected chi connectivity index (χ1v) is 14.6. The third-order valence-electron chi connectivity index (χ3n) is 6.26. The summed E-state index contributed by atoms with van der Waals surface area (Å²) in [7, 11) is 0. The van der Waals surface area contributed by atoms with Crippen LogP contribution in [0.15, 0.2) is 29.3 Å². The number of aromatic hydroxyl groups is 1. The van der Waals surface area contributed by atoms with Crippen LogP contribution in [0.1, 0.15) is 38.7 Å². The van der Waals surface area contributed by atoms with Crippen LogP contribution < -0.4 is 38.5 Å². The summed E-state index contributed by atoms with van der Waals surface area (Å²) < 4.78 is 0. The number of benzene rings is 1. The number of phenolic OH excluding ortho intramolecular Hbond substituents is 1. The average molecular weight is 641 g/mol. The predicted octanol–water partition coefficient (Wildman–Crippen LogP) is -2.69. The highest BCUT2D eigenvalue weighted by Crippen LogP contribution is 2.13. The molecule has 1 aromatic carbocycles. The molecule has 1 rings (SSSR count). The number of aliphatic hydroxyl groups excluding tert-OH is 1. The summed E-state index contributed by atoms with van der Waals surface area (Å²) in [5.41, 5.74) is 17.0. The molecule has 0 spiro atoms. The van der Waals surface area contributed by atoms with E-state index in [9.17, 15) is 39.3 Å². The van der Waals surface area contributed by atoms with E-state index in [1.165, 1.54) is 24.3 Å². The first-order valence-electron chi connectivity index (χ1n) is 13.9. The van der Waals surface area contributed by atoms with Gasteiger partial charge >= 0.3 is 5.97 Å². The van der Waals surface area contributed by atoms with E-state index in [4.69, 9.17) is 17.2 Å². The average Bonchev–Trinajstić information content (AvgIpc) is 2.96. The van der Waals surface area contributed by atoms with Crippen molar-refractivity contribution in [1.29, 1.82) is 0 Å². The summed E-state index contributed by atoms with van der Waals surface area (Å²) in [6.45, 7) is 2.91. The van der Waals surface area contributed by atoms with Crippen LogP contribution in [0.4, 0.5) is 0 Å². The molecular formula is C27H44N8O8S. The molecular weight excluding hydrogens is 596 g/mol. The van der Waals surface area contributed by atoms with Gasteiger partial charge < -0.3 is 53.8 Å². The molecule has 13 N–H and O–H groups in total. The van der Waals surface area contributed by atoms with E-state index in [0.717, 1.165) is 0 Å². The number of carbonyl (C=O) groups is 5. The van der Waals surface area contributed by atoms with E-state index in [1.807, 2.05) is 13.8 Å². The number of guanidine groups is 1. The largest absolute Gasteiger partial charge is 0.508 e. The number of amides is 4. The Hall–Kier alpha value is -4.09. The number of carbonyl (C=O) groups excluding carboxylic acids is 4. The molecule has 0 aliphatic carbocycles. The van der Waals surface area contributed by atoms with Crippen molar-refractivity contribution in [2.24, 2.45) is 28.1 Å². The fourth-order valence-corrected chi connectivity index (χ4v) is 4.08. The van der Waals surface area contributed by atoms with Crippen molar-refractivity contribution in [3.8, 4) is 5.75 Å². The van der Waals surface area contributed by atoms with Gasteiger partial charge in [-0.25, -0.2) is 4.79 Å². The third-order valence-corrected chi connectivity index (χ3v) is 6.65. The van der Waals surface area contributed by atoms with Crippen LogP contribution >= 0.6 is 12.6 Å². The van der Waals surface area contributed by atoms with Crippen LogP contribution in [0.3, 0.4) is 0 Å². The predicted molar refractivity (Wildman–Crippen MR) is 165 cm³/mol. The van der Waals surface area contributed by atoms with Crippen LogP contribution in [0.2, 0.25) is 0 Å². The molecule has 0 heterocycles. The maximum absolute atomic E-state index is 13.6. The highest BCUT2D eigenvalue weighted by Gasteiger charge is 2.32. The van der Waals surface area contributed by atoms with Crippen molar-refractivity contribution in [1.82, 2.24) is 21.3 Å². The first kappa shape index (κ1) is 37.9. The molecule has 0 aromatic heterocycles. The Morgan fingerprint density at radius 2 is 1.39 bits per heavy atom. The fourth-order valence-electron chi connectivity index (χ4n) is 3.92. The molecule has 1 aromatic rings. The minimum Gasteiger partial charge on any atom is -0.508 e. The third kappa shape index (κ3) is 13.9. The molecule has 17 heteroatoms. The smallest absolute Gasteiger partial charge is 0.328 e. The number of aliphatic hydroxyl groups is 1. The monoisotopic (exact) mass is 640 g/mol. The number of nitrogens with two attached hydrogens (primary N) is 3. The van der Waals surface area contributed by atoms with Gasteiger partial charge in [0.1, 0.15) is 29.9 Å². The maximum atomic E-state index is 13.6. The second-order valence-corrected chi connectivity index (χ2v) is 10.9. The van der Waals surface area contributed by atoms with E-state index in [-0.39, 0.29) is 55.6 Å². The van der Waals surface area contributed by atoms with E-state index in [0.29, 0.717) is 5.56 Å². The van der Waals surface area contributed by atoms with Crippen molar-refractivity contribution in [2.75, 3.05) is 18.9 Å². The molecule has 0 aliphatic rings. The molecule has 0 radical (unpaired) electrons. The Bertz CT molecular complexity index is 1150. The van der Waals surface area contributed by atoms with E-state index in [1.54, 1.807) is 0 Å². The summed E-state index contributed by atoms with van der Waals surface area (Å²) >= 11 is 4.01. The van der Waals surface area contributed by atoms with Gasteiger partial charge in [0.2, 0.25) is 23.6 Å². The summed E-state index contributed by atoms with van der Waals surface area (Å²) in [6.07, 6.45) is 0.359. The van der Waals surface area contributed by atoms with Crippen molar-refractivity contribution < 1.29 is 39.3 Å². The normalized spacial score (nSPS) is 14.3.